The van der Waals surface area contributed by atoms with Crippen LogP contribution in [-0.2, 0) is 6.61 Å². The van der Waals surface area contributed by atoms with E-state index in [9.17, 15) is 4.79 Å². The van der Waals surface area contributed by atoms with Gasteiger partial charge in [-0.15, -0.1) is 10.2 Å². The van der Waals surface area contributed by atoms with Crippen LogP contribution in [0.15, 0.2) is 53.7 Å². The van der Waals surface area contributed by atoms with Crippen molar-refractivity contribution in [3.63, 3.8) is 0 Å². The Morgan fingerprint density at radius 3 is 2.50 bits per heavy atom. The minimum absolute atomic E-state index is 0.0326. The number of hydrogen-bond donors (Lipinski definition) is 0. The average Bonchev–Trinajstić information content (AvgIpc) is 3.46. The number of halogens is 2. The summed E-state index contributed by atoms with van der Waals surface area (Å²) in [7, 11) is 0. The van der Waals surface area contributed by atoms with Gasteiger partial charge in [-0.2, -0.15) is 0 Å². The molecule has 0 atom stereocenters. The van der Waals surface area contributed by atoms with Crippen LogP contribution in [-0.4, -0.2) is 26.3 Å². The van der Waals surface area contributed by atoms with Gasteiger partial charge in [0, 0.05) is 11.6 Å². The van der Waals surface area contributed by atoms with Crippen LogP contribution < -0.4 is 4.74 Å². The monoisotopic (exact) mass is 433 g/mol. The molecule has 1 aliphatic carbocycles. The predicted octanol–water partition coefficient (Wildman–Crippen LogP) is 5.47. The number of benzene rings is 2. The maximum atomic E-state index is 12.5. The highest BCUT2D eigenvalue weighted by Gasteiger charge is 2.30. The molecule has 5 nitrogen and oxygen atoms in total. The first kappa shape index (κ1) is 19.3. The van der Waals surface area contributed by atoms with E-state index in [0.717, 1.165) is 23.8 Å². The van der Waals surface area contributed by atoms with E-state index in [1.54, 1.807) is 30.3 Å². The third-order valence-corrected chi connectivity index (χ3v) is 5.93. The molecular formula is C20H17Cl2N3O2S. The Kier molecular flexibility index (Phi) is 5.90. The molecule has 0 radical (unpaired) electrons. The van der Waals surface area contributed by atoms with Crippen molar-refractivity contribution in [1.82, 2.24) is 14.8 Å². The number of rotatable bonds is 8. The lowest BCUT2D eigenvalue weighted by Gasteiger charge is -2.10. The molecule has 1 heterocycles. The van der Waals surface area contributed by atoms with Crippen LogP contribution in [0.1, 0.15) is 35.1 Å². The quantitative estimate of drug-likeness (QED) is 0.348. The summed E-state index contributed by atoms with van der Waals surface area (Å²) in [6, 6.07) is 14.7. The van der Waals surface area contributed by atoms with Crippen LogP contribution in [0.25, 0.3) is 0 Å². The molecule has 2 aromatic carbocycles. The molecule has 0 unspecified atom stereocenters. The van der Waals surface area contributed by atoms with Gasteiger partial charge in [-0.25, -0.2) is 0 Å². The number of ether oxygens (including phenoxy) is 1. The lowest BCUT2D eigenvalue weighted by Crippen LogP contribution is -2.08. The van der Waals surface area contributed by atoms with Crippen molar-refractivity contribution in [3.8, 4) is 5.75 Å². The molecule has 1 aliphatic rings. The second-order valence-electron chi connectivity index (χ2n) is 6.41. The minimum atomic E-state index is -0.0326. The Bertz CT molecular complexity index is 1000. The third-order valence-electron chi connectivity index (χ3n) is 4.35. The van der Waals surface area contributed by atoms with E-state index < -0.39 is 0 Å². The molecule has 1 fully saturated rings. The molecule has 0 N–H and O–H groups in total. The lowest BCUT2D eigenvalue weighted by atomic mass is 10.1. The van der Waals surface area contributed by atoms with Gasteiger partial charge in [-0.1, -0.05) is 59.2 Å². The number of ketones is 1. The predicted molar refractivity (Wildman–Crippen MR) is 111 cm³/mol. The van der Waals surface area contributed by atoms with E-state index in [1.165, 1.54) is 11.8 Å². The van der Waals surface area contributed by atoms with Gasteiger partial charge in [-0.3, -0.25) is 9.36 Å². The first-order valence-electron chi connectivity index (χ1n) is 8.85. The van der Waals surface area contributed by atoms with Gasteiger partial charge in [0.2, 0.25) is 0 Å². The SMILES string of the molecule is O=C(CSc1nnc(COc2ccccc2Cl)n1C1CC1)c1ccccc1Cl. The summed E-state index contributed by atoms with van der Waals surface area (Å²) in [4.78, 5) is 12.5. The Labute approximate surface area is 177 Å². The van der Waals surface area contributed by atoms with Gasteiger partial charge < -0.3 is 4.74 Å². The molecule has 0 amide bonds. The second-order valence-corrected chi connectivity index (χ2v) is 8.17. The maximum Gasteiger partial charge on any atom is 0.192 e. The Morgan fingerprint density at radius 1 is 1.07 bits per heavy atom. The number of aromatic nitrogens is 3. The molecule has 0 bridgehead atoms. The van der Waals surface area contributed by atoms with Crippen molar-refractivity contribution in [2.24, 2.45) is 0 Å². The van der Waals surface area contributed by atoms with Crippen LogP contribution in [0, 0.1) is 0 Å². The van der Waals surface area contributed by atoms with Crippen LogP contribution in [0.4, 0.5) is 0 Å². The molecule has 0 saturated heterocycles. The summed E-state index contributed by atoms with van der Waals surface area (Å²) in [5.41, 5.74) is 0.524. The number of hydrogen-bond acceptors (Lipinski definition) is 5. The van der Waals surface area contributed by atoms with Gasteiger partial charge in [-0.05, 0) is 37.1 Å². The molecule has 8 heteroatoms. The van der Waals surface area contributed by atoms with Gasteiger partial charge in [0.1, 0.15) is 12.4 Å². The standard InChI is InChI=1S/C20H17Cl2N3O2S/c21-15-6-2-1-5-14(15)17(26)12-28-20-24-23-19(25(20)13-9-10-13)11-27-18-8-4-3-7-16(18)22/h1-8,13H,9-12H2. The lowest BCUT2D eigenvalue weighted by molar-refractivity contribution is 0.102. The summed E-state index contributed by atoms with van der Waals surface area (Å²) in [5, 5.41) is 10.3. The molecule has 0 aliphatic heterocycles. The zero-order valence-electron chi connectivity index (χ0n) is 14.8. The third kappa shape index (κ3) is 4.35. The van der Waals surface area contributed by atoms with Crippen LogP contribution in [0.2, 0.25) is 10.0 Å². The number of nitrogens with zero attached hydrogens (tertiary/aromatic N) is 3. The summed E-state index contributed by atoms with van der Waals surface area (Å²) >= 11 is 13.6. The maximum absolute atomic E-state index is 12.5. The minimum Gasteiger partial charge on any atom is -0.484 e. The number of carbonyl (C=O) groups is 1. The van der Waals surface area contributed by atoms with Crippen molar-refractivity contribution in [1.29, 1.82) is 0 Å². The first-order chi connectivity index (χ1) is 13.6. The molecule has 0 spiro atoms. The van der Waals surface area contributed by atoms with E-state index in [0.29, 0.717) is 27.4 Å². The van der Waals surface area contributed by atoms with Crippen LogP contribution in [0.3, 0.4) is 0 Å². The molecule has 1 saturated carbocycles. The normalized spacial score (nSPS) is 13.5. The molecule has 1 aromatic heterocycles. The van der Waals surface area contributed by atoms with E-state index in [2.05, 4.69) is 14.8 Å². The highest BCUT2D eigenvalue weighted by molar-refractivity contribution is 7.99. The Balaban J connectivity index is 1.46. The van der Waals surface area contributed by atoms with E-state index in [4.69, 9.17) is 27.9 Å². The largest absolute Gasteiger partial charge is 0.484 e. The topological polar surface area (TPSA) is 57.0 Å². The second kappa shape index (κ2) is 8.55. The number of Topliss-reactive ketones (excluding diaryl/α,β-unsaturated/α-hetero) is 1. The molecular weight excluding hydrogens is 417 g/mol. The summed E-state index contributed by atoms with van der Waals surface area (Å²) in [5.74, 6) is 1.56. The highest BCUT2D eigenvalue weighted by Crippen LogP contribution is 2.39. The van der Waals surface area contributed by atoms with E-state index in [1.807, 2.05) is 18.2 Å². The van der Waals surface area contributed by atoms with E-state index in [-0.39, 0.29) is 18.1 Å². The summed E-state index contributed by atoms with van der Waals surface area (Å²) < 4.78 is 7.89. The highest BCUT2D eigenvalue weighted by atomic mass is 35.5. The molecule has 4 rings (SSSR count). The van der Waals surface area contributed by atoms with Gasteiger partial charge in [0.05, 0.1) is 15.8 Å². The van der Waals surface area contributed by atoms with Gasteiger partial charge >= 0.3 is 0 Å². The van der Waals surface area contributed by atoms with Crippen LogP contribution >= 0.6 is 35.0 Å². The first-order valence-corrected chi connectivity index (χ1v) is 10.6. The van der Waals surface area contributed by atoms with Crippen molar-refractivity contribution < 1.29 is 9.53 Å². The smallest absolute Gasteiger partial charge is 0.192 e. The van der Waals surface area contributed by atoms with Crippen molar-refractivity contribution >= 4 is 40.7 Å². The van der Waals surface area contributed by atoms with Gasteiger partial charge in [0.15, 0.2) is 16.8 Å². The Morgan fingerprint density at radius 2 is 1.79 bits per heavy atom. The van der Waals surface area contributed by atoms with Gasteiger partial charge in [0.25, 0.3) is 0 Å². The fourth-order valence-corrected chi connectivity index (χ4v) is 4.14. The fourth-order valence-electron chi connectivity index (χ4n) is 2.80. The fraction of sp³-hybridized carbons (Fsp3) is 0.250. The molecule has 144 valence electrons. The number of para-hydroxylation sites is 1. The zero-order valence-corrected chi connectivity index (χ0v) is 17.2. The number of carbonyl (C=O) groups excluding carboxylic acids is 1. The zero-order chi connectivity index (χ0) is 19.5. The van der Waals surface area contributed by atoms with Crippen molar-refractivity contribution in [2.75, 3.05) is 5.75 Å². The average molecular weight is 434 g/mol. The van der Waals surface area contributed by atoms with E-state index >= 15 is 0 Å². The summed E-state index contributed by atoms with van der Waals surface area (Å²) in [6.45, 7) is 0.270. The summed E-state index contributed by atoms with van der Waals surface area (Å²) in [6.07, 6.45) is 2.15. The van der Waals surface area contributed by atoms with Crippen molar-refractivity contribution in [2.45, 2.75) is 30.6 Å². The molecule has 28 heavy (non-hydrogen) atoms. The van der Waals surface area contributed by atoms with Crippen LogP contribution in [0.5, 0.6) is 5.75 Å². The number of thioether (sulfide) groups is 1. The Hall–Kier alpha value is -2.02. The van der Waals surface area contributed by atoms with Crippen molar-refractivity contribution in [3.05, 3.63) is 70.0 Å². The molecule has 3 aromatic rings.